The number of carbonyl (C=O) groups excluding carboxylic acids is 1. The standard InChI is InChI=1S/C10H16N4O/c1-14-9(3-5-13-14)7-12-10(15)8-2-4-11-6-8/h3,5,8,11H,2,4,6-7H2,1H3,(H,12,15)/t8-/m0/s1. The SMILES string of the molecule is Cn1nccc1CNC(=O)[C@H]1CCNC1. The Morgan fingerprint density at radius 1 is 1.80 bits per heavy atom. The molecule has 1 aliphatic rings. The van der Waals surface area contributed by atoms with Crippen molar-refractivity contribution in [1.82, 2.24) is 20.4 Å². The van der Waals surface area contributed by atoms with Crippen LogP contribution in [0.15, 0.2) is 12.3 Å². The fourth-order valence-electron chi connectivity index (χ4n) is 1.78. The molecule has 2 heterocycles. The lowest BCUT2D eigenvalue weighted by Gasteiger charge is -2.09. The minimum Gasteiger partial charge on any atom is -0.350 e. The zero-order chi connectivity index (χ0) is 10.7. The van der Waals surface area contributed by atoms with E-state index < -0.39 is 0 Å². The van der Waals surface area contributed by atoms with Gasteiger partial charge in [-0.25, -0.2) is 0 Å². The molecule has 1 amide bonds. The van der Waals surface area contributed by atoms with Crippen molar-refractivity contribution in [3.05, 3.63) is 18.0 Å². The van der Waals surface area contributed by atoms with Gasteiger partial charge in [-0.05, 0) is 19.0 Å². The summed E-state index contributed by atoms with van der Waals surface area (Å²) in [5, 5.41) is 10.2. The van der Waals surface area contributed by atoms with Crippen molar-refractivity contribution in [2.75, 3.05) is 13.1 Å². The minimum atomic E-state index is 0.137. The highest BCUT2D eigenvalue weighted by Crippen LogP contribution is 2.07. The number of nitrogens with one attached hydrogen (secondary N) is 2. The number of carbonyl (C=O) groups is 1. The van der Waals surface area contributed by atoms with E-state index in [0.29, 0.717) is 6.54 Å². The molecule has 1 aliphatic heterocycles. The summed E-state index contributed by atoms with van der Waals surface area (Å²) in [5.74, 6) is 0.277. The number of aryl methyl sites for hydroxylation is 1. The summed E-state index contributed by atoms with van der Waals surface area (Å²) in [6.07, 6.45) is 2.68. The highest BCUT2D eigenvalue weighted by molar-refractivity contribution is 5.79. The van der Waals surface area contributed by atoms with E-state index in [2.05, 4.69) is 15.7 Å². The highest BCUT2D eigenvalue weighted by atomic mass is 16.1. The normalized spacial score (nSPS) is 20.5. The predicted molar refractivity (Wildman–Crippen MR) is 56.0 cm³/mol. The van der Waals surface area contributed by atoms with Gasteiger partial charge in [-0.15, -0.1) is 0 Å². The van der Waals surface area contributed by atoms with E-state index in [-0.39, 0.29) is 11.8 Å². The summed E-state index contributed by atoms with van der Waals surface area (Å²) < 4.78 is 1.77. The predicted octanol–water partition coefficient (Wildman–Crippen LogP) is -0.354. The first-order valence-electron chi connectivity index (χ1n) is 5.22. The van der Waals surface area contributed by atoms with Crippen molar-refractivity contribution >= 4 is 5.91 Å². The molecule has 1 saturated heterocycles. The second-order valence-electron chi connectivity index (χ2n) is 3.85. The number of hydrogen-bond acceptors (Lipinski definition) is 3. The van der Waals surface area contributed by atoms with E-state index in [4.69, 9.17) is 0 Å². The monoisotopic (exact) mass is 208 g/mol. The largest absolute Gasteiger partial charge is 0.350 e. The van der Waals surface area contributed by atoms with Crippen LogP contribution in [0, 0.1) is 5.92 Å². The Morgan fingerprint density at radius 2 is 2.67 bits per heavy atom. The first kappa shape index (κ1) is 10.2. The van der Waals surface area contributed by atoms with E-state index in [1.165, 1.54) is 0 Å². The summed E-state index contributed by atoms with van der Waals surface area (Å²) in [4.78, 5) is 11.7. The average Bonchev–Trinajstić information content (AvgIpc) is 2.85. The van der Waals surface area contributed by atoms with Gasteiger partial charge in [0.1, 0.15) is 0 Å². The molecule has 82 valence electrons. The highest BCUT2D eigenvalue weighted by Gasteiger charge is 2.21. The van der Waals surface area contributed by atoms with Crippen molar-refractivity contribution < 1.29 is 4.79 Å². The van der Waals surface area contributed by atoms with Crippen molar-refractivity contribution in [2.45, 2.75) is 13.0 Å². The van der Waals surface area contributed by atoms with Crippen LogP contribution in [-0.4, -0.2) is 28.8 Å². The van der Waals surface area contributed by atoms with Crippen LogP contribution in [-0.2, 0) is 18.4 Å². The Labute approximate surface area is 88.8 Å². The molecule has 2 N–H and O–H groups in total. The zero-order valence-electron chi connectivity index (χ0n) is 8.86. The van der Waals surface area contributed by atoms with Crippen LogP contribution in [0.25, 0.3) is 0 Å². The Balaban J connectivity index is 1.83. The molecule has 2 rings (SSSR count). The van der Waals surface area contributed by atoms with Crippen LogP contribution in [0.3, 0.4) is 0 Å². The molecule has 1 aromatic rings. The molecule has 0 bridgehead atoms. The third-order valence-electron chi connectivity index (χ3n) is 2.80. The van der Waals surface area contributed by atoms with Crippen molar-refractivity contribution in [2.24, 2.45) is 13.0 Å². The van der Waals surface area contributed by atoms with Gasteiger partial charge in [0.05, 0.1) is 18.2 Å². The molecule has 0 spiro atoms. The molecular weight excluding hydrogens is 192 g/mol. The maximum absolute atomic E-state index is 11.7. The lowest BCUT2D eigenvalue weighted by atomic mass is 10.1. The molecule has 0 unspecified atom stereocenters. The molecule has 0 aromatic carbocycles. The van der Waals surface area contributed by atoms with Gasteiger partial charge in [0.15, 0.2) is 0 Å². The topological polar surface area (TPSA) is 59.0 Å². The maximum atomic E-state index is 11.7. The number of rotatable bonds is 3. The number of nitrogens with zero attached hydrogens (tertiary/aromatic N) is 2. The molecule has 5 nitrogen and oxygen atoms in total. The molecule has 1 atom stereocenters. The molecule has 0 radical (unpaired) electrons. The summed E-state index contributed by atoms with van der Waals surface area (Å²) in [6.45, 7) is 2.31. The fourth-order valence-corrected chi connectivity index (χ4v) is 1.78. The number of hydrogen-bond donors (Lipinski definition) is 2. The molecular formula is C10H16N4O. The lowest BCUT2D eigenvalue weighted by molar-refractivity contribution is -0.124. The molecule has 15 heavy (non-hydrogen) atoms. The van der Waals surface area contributed by atoms with Crippen molar-refractivity contribution in [1.29, 1.82) is 0 Å². The average molecular weight is 208 g/mol. The van der Waals surface area contributed by atoms with Gasteiger partial charge in [-0.2, -0.15) is 5.10 Å². The smallest absolute Gasteiger partial charge is 0.224 e. The van der Waals surface area contributed by atoms with Crippen LogP contribution in [0.2, 0.25) is 0 Å². The Hall–Kier alpha value is -1.36. The second kappa shape index (κ2) is 4.44. The molecule has 1 aromatic heterocycles. The fraction of sp³-hybridized carbons (Fsp3) is 0.600. The summed E-state index contributed by atoms with van der Waals surface area (Å²) in [5.41, 5.74) is 1.02. The third kappa shape index (κ3) is 2.36. The van der Waals surface area contributed by atoms with Crippen LogP contribution in [0.4, 0.5) is 0 Å². The van der Waals surface area contributed by atoms with E-state index in [1.807, 2.05) is 13.1 Å². The van der Waals surface area contributed by atoms with Crippen molar-refractivity contribution in [3.63, 3.8) is 0 Å². The number of amides is 1. The molecule has 5 heteroatoms. The molecule has 1 fully saturated rings. The van der Waals surface area contributed by atoms with Gasteiger partial charge in [0.2, 0.25) is 5.91 Å². The quantitative estimate of drug-likeness (QED) is 0.713. The third-order valence-corrected chi connectivity index (χ3v) is 2.80. The Bertz CT molecular complexity index is 341. The van der Waals surface area contributed by atoms with Gasteiger partial charge in [0.25, 0.3) is 0 Å². The molecule has 0 aliphatic carbocycles. The lowest BCUT2D eigenvalue weighted by Crippen LogP contribution is -2.32. The zero-order valence-corrected chi connectivity index (χ0v) is 8.86. The van der Waals surface area contributed by atoms with Gasteiger partial charge in [-0.1, -0.05) is 0 Å². The summed E-state index contributed by atoms with van der Waals surface area (Å²) in [6, 6.07) is 1.91. The summed E-state index contributed by atoms with van der Waals surface area (Å²) >= 11 is 0. The van der Waals surface area contributed by atoms with E-state index in [1.54, 1.807) is 10.9 Å². The Kier molecular flexibility index (Phi) is 3.01. The van der Waals surface area contributed by atoms with Gasteiger partial charge >= 0.3 is 0 Å². The van der Waals surface area contributed by atoms with Gasteiger partial charge in [0, 0.05) is 19.8 Å². The van der Waals surface area contributed by atoms with Crippen LogP contribution < -0.4 is 10.6 Å². The van der Waals surface area contributed by atoms with E-state index >= 15 is 0 Å². The second-order valence-corrected chi connectivity index (χ2v) is 3.85. The maximum Gasteiger partial charge on any atom is 0.224 e. The van der Waals surface area contributed by atoms with Crippen LogP contribution >= 0.6 is 0 Å². The minimum absolute atomic E-state index is 0.137. The van der Waals surface area contributed by atoms with Crippen molar-refractivity contribution in [3.8, 4) is 0 Å². The number of aromatic nitrogens is 2. The van der Waals surface area contributed by atoms with Crippen LogP contribution in [0.1, 0.15) is 12.1 Å². The van der Waals surface area contributed by atoms with Gasteiger partial charge < -0.3 is 10.6 Å². The first-order valence-corrected chi connectivity index (χ1v) is 5.22. The van der Waals surface area contributed by atoms with E-state index in [9.17, 15) is 4.79 Å². The summed E-state index contributed by atoms with van der Waals surface area (Å²) in [7, 11) is 1.87. The first-order chi connectivity index (χ1) is 7.27. The van der Waals surface area contributed by atoms with Crippen LogP contribution in [0.5, 0.6) is 0 Å². The Morgan fingerprint density at radius 3 is 3.27 bits per heavy atom. The van der Waals surface area contributed by atoms with Gasteiger partial charge in [-0.3, -0.25) is 9.48 Å². The van der Waals surface area contributed by atoms with E-state index in [0.717, 1.165) is 25.2 Å². The molecule has 0 saturated carbocycles.